The number of aryl methyl sites for hydroxylation is 1. The van der Waals surface area contributed by atoms with Crippen molar-refractivity contribution < 1.29 is 9.53 Å². The Labute approximate surface area is 208 Å². The molecule has 0 amide bonds. The molecule has 0 unspecified atom stereocenters. The number of hydrogen-bond acceptors (Lipinski definition) is 5. The van der Waals surface area contributed by atoms with Crippen LogP contribution in [-0.4, -0.2) is 27.5 Å². The van der Waals surface area contributed by atoms with Gasteiger partial charge in [0.1, 0.15) is 5.00 Å². The van der Waals surface area contributed by atoms with Crippen molar-refractivity contribution in [1.29, 1.82) is 0 Å². The van der Waals surface area contributed by atoms with E-state index in [2.05, 4.69) is 15.7 Å². The number of esters is 1. The molecule has 33 heavy (non-hydrogen) atoms. The Morgan fingerprint density at radius 3 is 2.79 bits per heavy atom. The van der Waals surface area contributed by atoms with E-state index in [4.69, 9.17) is 28.6 Å². The summed E-state index contributed by atoms with van der Waals surface area (Å²) in [5.41, 5.74) is 3.50. The van der Waals surface area contributed by atoms with E-state index >= 15 is 0 Å². The smallest absolute Gasteiger partial charge is 0.341 e. The van der Waals surface area contributed by atoms with Crippen LogP contribution in [0, 0.1) is 0 Å². The van der Waals surface area contributed by atoms with Crippen LogP contribution in [0.3, 0.4) is 0 Å². The Morgan fingerprint density at radius 1 is 1.21 bits per heavy atom. The van der Waals surface area contributed by atoms with E-state index in [-0.39, 0.29) is 5.97 Å². The summed E-state index contributed by atoms with van der Waals surface area (Å²) >= 11 is 13.4. The highest BCUT2D eigenvalue weighted by atomic mass is 35.5. The lowest BCUT2D eigenvalue weighted by Gasteiger charge is -2.12. The average Bonchev–Trinajstić information content (AvgIpc) is 3.33. The lowest BCUT2D eigenvalue weighted by atomic mass is 9.96. The molecule has 0 saturated heterocycles. The van der Waals surface area contributed by atoms with E-state index in [1.54, 1.807) is 22.2 Å². The predicted molar refractivity (Wildman–Crippen MR) is 139 cm³/mol. The van der Waals surface area contributed by atoms with Crippen LogP contribution in [0.25, 0.3) is 0 Å². The molecular weight excluding hydrogens is 476 g/mol. The number of anilines is 2. The summed E-state index contributed by atoms with van der Waals surface area (Å²) in [5, 5.41) is 12.7. The maximum atomic E-state index is 12.8. The fourth-order valence-electron chi connectivity index (χ4n) is 4.01. The average molecular weight is 503 g/mol. The van der Waals surface area contributed by atoms with Gasteiger partial charge in [0.25, 0.3) is 0 Å². The van der Waals surface area contributed by atoms with Crippen molar-refractivity contribution in [2.45, 2.75) is 52.0 Å². The number of nitrogens with zero attached hydrogens (tertiary/aromatic N) is 2. The predicted octanol–water partition coefficient (Wildman–Crippen LogP) is 6.29. The van der Waals surface area contributed by atoms with Crippen LogP contribution < -0.4 is 10.6 Å². The number of aromatic nitrogens is 2. The Bertz CT molecular complexity index is 1140. The summed E-state index contributed by atoms with van der Waals surface area (Å²) in [5.74, 6) is -0.284. The zero-order valence-corrected chi connectivity index (χ0v) is 20.9. The van der Waals surface area contributed by atoms with Crippen molar-refractivity contribution in [3.05, 3.63) is 63.2 Å². The van der Waals surface area contributed by atoms with Crippen molar-refractivity contribution in [3.63, 3.8) is 0 Å². The second-order valence-corrected chi connectivity index (χ2v) is 9.86. The zero-order valence-electron chi connectivity index (χ0n) is 18.5. The molecule has 0 radical (unpaired) electrons. The largest absolute Gasteiger partial charge is 0.462 e. The molecule has 0 bridgehead atoms. The molecule has 0 spiro atoms. The Balaban J connectivity index is 1.48. The monoisotopic (exact) mass is 502 g/mol. The third kappa shape index (κ3) is 5.93. The minimum atomic E-state index is -0.284. The number of carbonyl (C=O) groups excluding carboxylic acids is 1. The molecule has 6 nitrogen and oxygen atoms in total. The molecule has 2 N–H and O–H groups in total. The molecule has 2 heterocycles. The van der Waals surface area contributed by atoms with Crippen LogP contribution >= 0.6 is 35.2 Å². The molecule has 2 aromatic heterocycles. The van der Waals surface area contributed by atoms with Crippen molar-refractivity contribution in [3.8, 4) is 0 Å². The summed E-state index contributed by atoms with van der Waals surface area (Å²) in [6, 6.07) is 7.70. The standard InChI is InChI=1S/C24H27ClN4O2S2/c1-2-31-23(30)21-18-10-5-3-4-6-12-20(18)33-22(21)28-24(32)27-17-13-26-29(15-17)14-16-9-7-8-11-19(16)25/h7-9,11,13,15H,2-6,10,12,14H2,1H3,(H2,27,28,32). The quantitative estimate of drug-likeness (QED) is 0.305. The van der Waals surface area contributed by atoms with Crippen LogP contribution in [0.15, 0.2) is 36.7 Å². The third-order valence-corrected chi connectivity index (χ3v) is 7.34. The van der Waals surface area contributed by atoms with Gasteiger partial charge < -0.3 is 15.4 Å². The molecule has 174 valence electrons. The zero-order chi connectivity index (χ0) is 23.2. The van der Waals surface area contributed by atoms with E-state index in [1.165, 1.54) is 17.7 Å². The van der Waals surface area contributed by atoms with Gasteiger partial charge in [0, 0.05) is 16.1 Å². The van der Waals surface area contributed by atoms with Gasteiger partial charge in [0.05, 0.1) is 30.6 Å². The Kier molecular flexibility index (Phi) is 8.01. The van der Waals surface area contributed by atoms with E-state index in [9.17, 15) is 4.79 Å². The SMILES string of the molecule is CCOC(=O)c1c(NC(=S)Nc2cnn(Cc3ccccc3Cl)c2)sc2c1CCCCCC2. The van der Waals surface area contributed by atoms with Gasteiger partial charge in [-0.05, 0) is 62.0 Å². The highest BCUT2D eigenvalue weighted by Gasteiger charge is 2.25. The van der Waals surface area contributed by atoms with E-state index in [0.29, 0.717) is 28.9 Å². The number of rotatable bonds is 6. The first kappa shape index (κ1) is 23.7. The minimum absolute atomic E-state index is 0.284. The molecule has 0 fully saturated rings. The summed E-state index contributed by atoms with van der Waals surface area (Å²) in [6.07, 6.45) is 10.1. The lowest BCUT2D eigenvalue weighted by Crippen LogP contribution is -2.20. The highest BCUT2D eigenvalue weighted by Crippen LogP contribution is 2.37. The number of thiocarbonyl (C=S) groups is 1. The molecule has 9 heteroatoms. The first-order chi connectivity index (χ1) is 16.0. The van der Waals surface area contributed by atoms with Crippen LogP contribution in [0.5, 0.6) is 0 Å². The van der Waals surface area contributed by atoms with Gasteiger partial charge in [-0.3, -0.25) is 4.68 Å². The number of hydrogen-bond donors (Lipinski definition) is 2. The van der Waals surface area contributed by atoms with Crippen LogP contribution in [0.1, 0.15) is 59.0 Å². The number of benzene rings is 1. The maximum Gasteiger partial charge on any atom is 0.341 e. The molecule has 0 atom stereocenters. The van der Waals surface area contributed by atoms with Crippen LogP contribution in [-0.2, 0) is 24.1 Å². The first-order valence-electron chi connectivity index (χ1n) is 11.2. The number of carbonyl (C=O) groups is 1. The molecule has 3 aromatic rings. The van der Waals surface area contributed by atoms with Gasteiger partial charge in [0.2, 0.25) is 0 Å². The molecule has 0 aliphatic heterocycles. The van der Waals surface area contributed by atoms with Crippen molar-refractivity contribution >= 4 is 56.9 Å². The van der Waals surface area contributed by atoms with Gasteiger partial charge in [-0.2, -0.15) is 5.10 Å². The van der Waals surface area contributed by atoms with Gasteiger partial charge in [-0.1, -0.05) is 42.6 Å². The highest BCUT2D eigenvalue weighted by molar-refractivity contribution is 7.80. The number of fused-ring (bicyclic) bond motifs is 1. The number of nitrogens with one attached hydrogen (secondary N) is 2. The second kappa shape index (κ2) is 11.1. The summed E-state index contributed by atoms with van der Waals surface area (Å²) in [4.78, 5) is 14.1. The van der Waals surface area contributed by atoms with Gasteiger partial charge in [-0.25, -0.2) is 4.79 Å². The molecular formula is C24H27ClN4O2S2. The Morgan fingerprint density at radius 2 is 2.00 bits per heavy atom. The first-order valence-corrected chi connectivity index (χ1v) is 12.8. The van der Waals surface area contributed by atoms with Crippen LogP contribution in [0.2, 0.25) is 5.02 Å². The summed E-state index contributed by atoms with van der Waals surface area (Å²) in [7, 11) is 0. The lowest BCUT2D eigenvalue weighted by molar-refractivity contribution is 0.0526. The Hall–Kier alpha value is -2.42. The summed E-state index contributed by atoms with van der Waals surface area (Å²) < 4.78 is 7.17. The molecule has 0 saturated carbocycles. The molecule has 1 aliphatic rings. The maximum absolute atomic E-state index is 12.8. The third-order valence-electron chi connectivity index (χ3n) is 5.56. The topological polar surface area (TPSA) is 68.2 Å². The van der Waals surface area contributed by atoms with E-state index in [1.807, 2.05) is 37.4 Å². The van der Waals surface area contributed by atoms with Crippen molar-refractivity contribution in [2.75, 3.05) is 17.2 Å². The van der Waals surface area contributed by atoms with Crippen molar-refractivity contribution in [1.82, 2.24) is 9.78 Å². The number of thiophene rings is 1. The van der Waals surface area contributed by atoms with Gasteiger partial charge in [0.15, 0.2) is 5.11 Å². The van der Waals surface area contributed by atoms with Gasteiger partial charge in [-0.15, -0.1) is 11.3 Å². The molecule has 1 aliphatic carbocycles. The second-order valence-electron chi connectivity index (χ2n) is 7.94. The van der Waals surface area contributed by atoms with E-state index < -0.39 is 0 Å². The fraction of sp³-hybridized carbons (Fsp3) is 0.375. The van der Waals surface area contributed by atoms with Crippen LogP contribution in [0.4, 0.5) is 10.7 Å². The van der Waals surface area contributed by atoms with E-state index in [0.717, 1.165) is 47.5 Å². The molecule has 1 aromatic carbocycles. The summed E-state index contributed by atoms with van der Waals surface area (Å²) in [6.45, 7) is 2.73. The number of halogens is 1. The fourth-order valence-corrected chi connectivity index (χ4v) is 5.77. The normalized spacial score (nSPS) is 13.5. The van der Waals surface area contributed by atoms with Crippen molar-refractivity contribution in [2.24, 2.45) is 0 Å². The van der Waals surface area contributed by atoms with Gasteiger partial charge >= 0.3 is 5.97 Å². The molecule has 4 rings (SSSR count). The minimum Gasteiger partial charge on any atom is -0.462 e. The number of ether oxygens (including phenoxy) is 1.